The molecule has 28 heavy (non-hydrogen) atoms. The molecule has 4 nitrogen and oxygen atoms in total. The third kappa shape index (κ3) is 3.68. The van der Waals surface area contributed by atoms with Gasteiger partial charge in [0.15, 0.2) is 5.58 Å². The SMILES string of the molecule is CCc1cc(Br)c2oc(-c3ccc(NC(=O)c4ccccc4Cl)cc3)nc2c1. The lowest BCUT2D eigenvalue weighted by Crippen LogP contribution is -2.12. The lowest BCUT2D eigenvalue weighted by molar-refractivity contribution is 0.102. The number of fused-ring (bicyclic) bond motifs is 1. The quantitative estimate of drug-likeness (QED) is 0.371. The number of benzene rings is 3. The molecule has 0 saturated carbocycles. The van der Waals surface area contributed by atoms with Crippen LogP contribution in [0.25, 0.3) is 22.6 Å². The van der Waals surface area contributed by atoms with Gasteiger partial charge >= 0.3 is 0 Å². The maximum Gasteiger partial charge on any atom is 0.257 e. The van der Waals surface area contributed by atoms with E-state index in [9.17, 15) is 4.79 Å². The van der Waals surface area contributed by atoms with Crippen LogP contribution < -0.4 is 5.32 Å². The fourth-order valence-corrected chi connectivity index (χ4v) is 3.71. The maximum atomic E-state index is 12.4. The number of nitrogens with zero attached hydrogens (tertiary/aromatic N) is 1. The topological polar surface area (TPSA) is 55.1 Å². The number of amides is 1. The van der Waals surface area contributed by atoms with Crippen LogP contribution in [-0.2, 0) is 6.42 Å². The molecular weight excluding hydrogens is 440 g/mol. The summed E-state index contributed by atoms with van der Waals surface area (Å²) in [6.45, 7) is 2.10. The monoisotopic (exact) mass is 454 g/mol. The molecule has 0 aliphatic rings. The summed E-state index contributed by atoms with van der Waals surface area (Å²) < 4.78 is 6.82. The number of anilines is 1. The highest BCUT2D eigenvalue weighted by atomic mass is 79.9. The first-order valence-electron chi connectivity index (χ1n) is 8.80. The summed E-state index contributed by atoms with van der Waals surface area (Å²) in [6, 6.07) is 18.4. The minimum Gasteiger partial charge on any atom is -0.435 e. The second-order valence-corrected chi connectivity index (χ2v) is 7.57. The Morgan fingerprint density at radius 1 is 1.14 bits per heavy atom. The van der Waals surface area contributed by atoms with E-state index in [4.69, 9.17) is 16.0 Å². The van der Waals surface area contributed by atoms with Crippen molar-refractivity contribution in [3.8, 4) is 11.5 Å². The molecule has 1 heterocycles. The molecule has 0 unspecified atom stereocenters. The predicted octanol–water partition coefficient (Wildman–Crippen LogP) is 6.73. The number of halogens is 2. The molecule has 1 amide bonds. The van der Waals surface area contributed by atoms with Crippen molar-refractivity contribution in [2.24, 2.45) is 0 Å². The molecule has 0 atom stereocenters. The Labute approximate surface area is 175 Å². The van der Waals surface area contributed by atoms with Gasteiger partial charge in [0.05, 0.1) is 15.1 Å². The predicted molar refractivity (Wildman–Crippen MR) is 116 cm³/mol. The first kappa shape index (κ1) is 18.7. The zero-order chi connectivity index (χ0) is 19.7. The summed E-state index contributed by atoms with van der Waals surface area (Å²) in [4.78, 5) is 17.0. The van der Waals surface area contributed by atoms with Gasteiger partial charge in [-0.15, -0.1) is 0 Å². The van der Waals surface area contributed by atoms with Crippen LogP contribution in [0.1, 0.15) is 22.8 Å². The molecule has 0 spiro atoms. The molecule has 0 fully saturated rings. The van der Waals surface area contributed by atoms with Crippen molar-refractivity contribution in [1.82, 2.24) is 4.98 Å². The fourth-order valence-electron chi connectivity index (χ4n) is 2.91. The average molecular weight is 456 g/mol. The van der Waals surface area contributed by atoms with Gasteiger partial charge in [0.1, 0.15) is 5.52 Å². The van der Waals surface area contributed by atoms with Crippen molar-refractivity contribution in [2.45, 2.75) is 13.3 Å². The van der Waals surface area contributed by atoms with Crippen LogP contribution in [0.3, 0.4) is 0 Å². The molecule has 6 heteroatoms. The third-order valence-electron chi connectivity index (χ3n) is 4.42. The molecule has 0 saturated heterocycles. The van der Waals surface area contributed by atoms with Gasteiger partial charge in [-0.05, 0) is 76.4 Å². The van der Waals surface area contributed by atoms with Crippen molar-refractivity contribution in [3.05, 3.63) is 81.3 Å². The van der Waals surface area contributed by atoms with Crippen molar-refractivity contribution in [3.63, 3.8) is 0 Å². The van der Waals surface area contributed by atoms with Gasteiger partial charge in [-0.2, -0.15) is 0 Å². The van der Waals surface area contributed by atoms with Crippen LogP contribution in [-0.4, -0.2) is 10.9 Å². The molecule has 0 aliphatic carbocycles. The molecule has 0 bridgehead atoms. The van der Waals surface area contributed by atoms with Crippen molar-refractivity contribution < 1.29 is 9.21 Å². The summed E-state index contributed by atoms with van der Waals surface area (Å²) >= 11 is 9.63. The number of oxazole rings is 1. The van der Waals surface area contributed by atoms with E-state index in [0.717, 1.165) is 27.6 Å². The molecule has 4 rings (SSSR count). The van der Waals surface area contributed by atoms with Crippen LogP contribution in [0, 0.1) is 0 Å². The number of aromatic nitrogens is 1. The minimum absolute atomic E-state index is 0.253. The standard InChI is InChI=1S/C22H16BrClN2O2/c1-2-13-11-17(23)20-19(12-13)26-22(28-20)14-7-9-15(10-8-14)25-21(27)16-5-3-4-6-18(16)24/h3-12H,2H2,1H3,(H,25,27). The summed E-state index contributed by atoms with van der Waals surface area (Å²) in [5.41, 5.74) is 4.66. The number of rotatable bonds is 4. The Kier molecular flexibility index (Phi) is 5.20. The first-order chi connectivity index (χ1) is 13.5. The van der Waals surface area contributed by atoms with E-state index < -0.39 is 0 Å². The van der Waals surface area contributed by atoms with Crippen LogP contribution >= 0.6 is 27.5 Å². The van der Waals surface area contributed by atoms with E-state index in [1.165, 1.54) is 5.56 Å². The van der Waals surface area contributed by atoms with Gasteiger partial charge in [-0.25, -0.2) is 4.98 Å². The van der Waals surface area contributed by atoms with Crippen LogP contribution in [0.2, 0.25) is 5.02 Å². The smallest absolute Gasteiger partial charge is 0.257 e. The van der Waals surface area contributed by atoms with Gasteiger partial charge in [0.25, 0.3) is 5.91 Å². The number of aryl methyl sites for hydroxylation is 1. The Bertz CT molecular complexity index is 1170. The highest BCUT2D eigenvalue weighted by Crippen LogP contribution is 2.31. The van der Waals surface area contributed by atoms with E-state index in [-0.39, 0.29) is 5.91 Å². The van der Waals surface area contributed by atoms with E-state index in [1.54, 1.807) is 24.3 Å². The second kappa shape index (κ2) is 7.78. The minimum atomic E-state index is -0.253. The van der Waals surface area contributed by atoms with Gasteiger partial charge in [0, 0.05) is 11.3 Å². The molecule has 1 aromatic heterocycles. The van der Waals surface area contributed by atoms with Crippen LogP contribution in [0.5, 0.6) is 0 Å². The molecule has 4 aromatic rings. The Balaban J connectivity index is 1.58. The third-order valence-corrected chi connectivity index (χ3v) is 5.34. The zero-order valence-corrected chi connectivity index (χ0v) is 17.3. The van der Waals surface area contributed by atoms with Gasteiger partial charge < -0.3 is 9.73 Å². The summed E-state index contributed by atoms with van der Waals surface area (Å²) in [5, 5.41) is 3.26. The van der Waals surface area contributed by atoms with Gasteiger partial charge in [-0.3, -0.25) is 4.79 Å². The maximum absolute atomic E-state index is 12.4. The number of hydrogen-bond acceptors (Lipinski definition) is 3. The molecule has 0 radical (unpaired) electrons. The van der Waals surface area contributed by atoms with Crippen LogP contribution in [0.4, 0.5) is 5.69 Å². The number of carbonyl (C=O) groups excluding carboxylic acids is 1. The molecule has 3 aromatic carbocycles. The van der Waals surface area contributed by atoms with Crippen LogP contribution in [0.15, 0.2) is 69.6 Å². The first-order valence-corrected chi connectivity index (χ1v) is 9.97. The van der Waals surface area contributed by atoms with Crippen molar-refractivity contribution >= 4 is 50.2 Å². The number of carbonyl (C=O) groups is 1. The van der Waals surface area contributed by atoms with E-state index in [1.807, 2.05) is 36.4 Å². The second-order valence-electron chi connectivity index (χ2n) is 6.31. The molecule has 140 valence electrons. The molecular formula is C22H16BrClN2O2. The average Bonchev–Trinajstić information content (AvgIpc) is 3.13. The largest absolute Gasteiger partial charge is 0.435 e. The molecule has 1 N–H and O–H groups in total. The zero-order valence-electron chi connectivity index (χ0n) is 15.0. The Morgan fingerprint density at radius 3 is 2.61 bits per heavy atom. The normalized spacial score (nSPS) is 11.0. The number of hydrogen-bond donors (Lipinski definition) is 1. The molecule has 0 aliphatic heterocycles. The van der Waals surface area contributed by atoms with E-state index in [0.29, 0.717) is 22.2 Å². The highest BCUT2D eigenvalue weighted by molar-refractivity contribution is 9.10. The lowest BCUT2D eigenvalue weighted by atomic mass is 10.1. The van der Waals surface area contributed by atoms with Gasteiger partial charge in [0.2, 0.25) is 5.89 Å². The fraction of sp³-hybridized carbons (Fsp3) is 0.0909. The Hall–Kier alpha value is -2.63. The highest BCUT2D eigenvalue weighted by Gasteiger charge is 2.13. The summed E-state index contributed by atoms with van der Waals surface area (Å²) in [7, 11) is 0. The Morgan fingerprint density at radius 2 is 1.89 bits per heavy atom. The van der Waals surface area contributed by atoms with Crippen molar-refractivity contribution in [1.29, 1.82) is 0 Å². The van der Waals surface area contributed by atoms with Gasteiger partial charge in [-0.1, -0.05) is 30.7 Å². The lowest BCUT2D eigenvalue weighted by Gasteiger charge is -2.07. The summed E-state index contributed by atoms with van der Waals surface area (Å²) in [6.07, 6.45) is 0.927. The van der Waals surface area contributed by atoms with E-state index >= 15 is 0 Å². The summed E-state index contributed by atoms with van der Waals surface area (Å²) in [5.74, 6) is 0.282. The van der Waals surface area contributed by atoms with Crippen molar-refractivity contribution in [2.75, 3.05) is 5.32 Å². The van der Waals surface area contributed by atoms with E-state index in [2.05, 4.69) is 33.2 Å². The number of nitrogens with one attached hydrogen (secondary N) is 1.